The third-order valence-electron chi connectivity index (χ3n) is 3.66. The molecule has 2 aromatic carbocycles. The van der Waals surface area contributed by atoms with Gasteiger partial charge in [-0.05, 0) is 48.0 Å². The molecule has 1 aliphatic heterocycles. The molecule has 2 amide bonds. The standard InChI is InChI=1S/C18H15N3O5S3/c19-29(24,25)14-7-3-12(4-8-14)20-16(22)10-26-13-5-1-11(2-6-13)9-15-17(23)21-18(27)28-15/h1-9H,10H2,(H,20,22)(H2,19,24,25)(H,21,23,27)/b15-9-. The maximum atomic E-state index is 12.0. The van der Waals surface area contributed by atoms with E-state index in [1.54, 1.807) is 30.3 Å². The molecule has 0 bridgehead atoms. The Bertz CT molecular complexity index is 1090. The minimum Gasteiger partial charge on any atom is -0.484 e. The number of carbonyl (C=O) groups is 2. The van der Waals surface area contributed by atoms with Crippen LogP contribution in [0.5, 0.6) is 5.75 Å². The average Bonchev–Trinajstić information content (AvgIpc) is 2.98. The van der Waals surface area contributed by atoms with Crippen LogP contribution in [0.3, 0.4) is 0 Å². The first-order valence-electron chi connectivity index (χ1n) is 8.11. The van der Waals surface area contributed by atoms with Crippen molar-refractivity contribution in [3.05, 3.63) is 59.0 Å². The highest BCUT2D eigenvalue weighted by Crippen LogP contribution is 2.26. The highest BCUT2D eigenvalue weighted by Gasteiger charge is 2.21. The lowest BCUT2D eigenvalue weighted by Gasteiger charge is -2.08. The van der Waals surface area contributed by atoms with Crippen LogP contribution in [0, 0.1) is 0 Å². The molecule has 0 aliphatic carbocycles. The number of ether oxygens (including phenoxy) is 1. The fraction of sp³-hybridized carbons (Fsp3) is 0.0556. The van der Waals surface area contributed by atoms with E-state index < -0.39 is 15.9 Å². The van der Waals surface area contributed by atoms with Crippen LogP contribution >= 0.6 is 24.0 Å². The van der Waals surface area contributed by atoms with Crippen molar-refractivity contribution in [2.75, 3.05) is 11.9 Å². The van der Waals surface area contributed by atoms with E-state index in [9.17, 15) is 18.0 Å². The van der Waals surface area contributed by atoms with Gasteiger partial charge in [-0.3, -0.25) is 9.59 Å². The van der Waals surface area contributed by atoms with Crippen LogP contribution in [0.15, 0.2) is 58.3 Å². The molecule has 1 heterocycles. The first-order valence-corrected chi connectivity index (χ1v) is 10.9. The van der Waals surface area contributed by atoms with Gasteiger partial charge >= 0.3 is 0 Å². The molecule has 4 N–H and O–H groups in total. The number of sulfonamides is 1. The molecule has 1 saturated heterocycles. The first kappa shape index (κ1) is 21.0. The van der Waals surface area contributed by atoms with Gasteiger partial charge in [0.1, 0.15) is 10.1 Å². The van der Waals surface area contributed by atoms with Gasteiger partial charge in [-0.2, -0.15) is 0 Å². The van der Waals surface area contributed by atoms with Gasteiger partial charge < -0.3 is 15.4 Å². The number of carbonyl (C=O) groups excluding carboxylic acids is 2. The molecular formula is C18H15N3O5S3. The second-order valence-corrected chi connectivity index (χ2v) is 9.11. The number of anilines is 1. The minimum absolute atomic E-state index is 0.0443. The van der Waals surface area contributed by atoms with Gasteiger partial charge in [-0.25, -0.2) is 13.6 Å². The second kappa shape index (κ2) is 8.74. The van der Waals surface area contributed by atoms with Crippen LogP contribution in [0.25, 0.3) is 6.08 Å². The summed E-state index contributed by atoms with van der Waals surface area (Å²) in [5.41, 5.74) is 1.21. The Morgan fingerprint density at radius 2 is 1.83 bits per heavy atom. The van der Waals surface area contributed by atoms with E-state index >= 15 is 0 Å². The number of amides is 2. The van der Waals surface area contributed by atoms with Crippen molar-refractivity contribution in [2.45, 2.75) is 4.90 Å². The van der Waals surface area contributed by atoms with E-state index in [-0.39, 0.29) is 17.4 Å². The van der Waals surface area contributed by atoms with Gasteiger partial charge in [-0.15, -0.1) is 0 Å². The van der Waals surface area contributed by atoms with E-state index in [4.69, 9.17) is 22.1 Å². The lowest BCUT2D eigenvalue weighted by molar-refractivity contribution is -0.118. The Labute approximate surface area is 176 Å². The zero-order chi connectivity index (χ0) is 21.0. The molecule has 0 radical (unpaired) electrons. The Kier molecular flexibility index (Phi) is 6.33. The van der Waals surface area contributed by atoms with Crippen molar-refractivity contribution in [1.29, 1.82) is 0 Å². The molecule has 0 spiro atoms. The summed E-state index contributed by atoms with van der Waals surface area (Å²) in [6, 6.07) is 12.3. The summed E-state index contributed by atoms with van der Waals surface area (Å²) in [5.74, 6) is -0.160. The molecular weight excluding hydrogens is 434 g/mol. The number of rotatable bonds is 6. The van der Waals surface area contributed by atoms with Crippen LogP contribution in [0.1, 0.15) is 5.56 Å². The molecule has 0 aromatic heterocycles. The summed E-state index contributed by atoms with van der Waals surface area (Å²) in [7, 11) is -3.78. The second-order valence-electron chi connectivity index (χ2n) is 5.83. The van der Waals surface area contributed by atoms with Crippen molar-refractivity contribution in [3.63, 3.8) is 0 Å². The number of benzene rings is 2. The molecule has 150 valence electrons. The Hall–Kier alpha value is -2.73. The predicted molar refractivity (Wildman–Crippen MR) is 115 cm³/mol. The predicted octanol–water partition coefficient (Wildman–Crippen LogP) is 1.84. The fourth-order valence-corrected chi connectivity index (χ4v) is 3.87. The van der Waals surface area contributed by atoms with Gasteiger partial charge in [0, 0.05) is 5.69 Å². The molecule has 11 heteroatoms. The monoisotopic (exact) mass is 449 g/mol. The molecule has 1 fully saturated rings. The summed E-state index contributed by atoms with van der Waals surface area (Å²) >= 11 is 6.14. The smallest absolute Gasteiger partial charge is 0.263 e. The zero-order valence-corrected chi connectivity index (χ0v) is 17.2. The van der Waals surface area contributed by atoms with Crippen LogP contribution in [0.2, 0.25) is 0 Å². The molecule has 2 aromatic rings. The molecule has 29 heavy (non-hydrogen) atoms. The minimum atomic E-state index is -3.78. The van der Waals surface area contributed by atoms with Crippen molar-refractivity contribution < 1.29 is 22.7 Å². The topological polar surface area (TPSA) is 128 Å². The third kappa shape index (κ3) is 5.87. The Morgan fingerprint density at radius 1 is 1.17 bits per heavy atom. The highest BCUT2D eigenvalue weighted by molar-refractivity contribution is 8.26. The van der Waals surface area contributed by atoms with E-state index in [2.05, 4.69) is 10.6 Å². The third-order valence-corrected chi connectivity index (χ3v) is 5.75. The van der Waals surface area contributed by atoms with Crippen molar-refractivity contribution >= 4 is 61.9 Å². The molecule has 0 saturated carbocycles. The lowest BCUT2D eigenvalue weighted by atomic mass is 10.2. The van der Waals surface area contributed by atoms with Crippen LogP contribution in [-0.4, -0.2) is 31.2 Å². The van der Waals surface area contributed by atoms with Gasteiger partial charge in [0.2, 0.25) is 10.0 Å². The number of hydrogen-bond acceptors (Lipinski definition) is 7. The molecule has 8 nitrogen and oxygen atoms in total. The fourth-order valence-electron chi connectivity index (χ4n) is 2.31. The Morgan fingerprint density at radius 3 is 2.38 bits per heavy atom. The molecule has 3 rings (SSSR count). The van der Waals surface area contributed by atoms with Gasteiger partial charge in [0.25, 0.3) is 11.8 Å². The quantitative estimate of drug-likeness (QED) is 0.453. The normalized spacial score (nSPS) is 15.3. The number of nitrogens with one attached hydrogen (secondary N) is 2. The van der Waals surface area contributed by atoms with Crippen LogP contribution in [-0.2, 0) is 19.6 Å². The molecule has 1 aliphatic rings. The average molecular weight is 450 g/mol. The summed E-state index contributed by atoms with van der Waals surface area (Å²) < 4.78 is 28.3. The SMILES string of the molecule is NS(=O)(=O)c1ccc(NC(=O)COc2ccc(/C=C3\SC(=S)NC3=O)cc2)cc1. The van der Waals surface area contributed by atoms with Crippen molar-refractivity contribution in [2.24, 2.45) is 5.14 Å². The van der Waals surface area contributed by atoms with Gasteiger partial charge in [0.15, 0.2) is 6.61 Å². The Balaban J connectivity index is 1.53. The molecule has 0 unspecified atom stereocenters. The number of hydrogen-bond donors (Lipinski definition) is 3. The molecule has 0 atom stereocenters. The number of nitrogens with two attached hydrogens (primary N) is 1. The highest BCUT2D eigenvalue weighted by atomic mass is 32.2. The van der Waals surface area contributed by atoms with Crippen molar-refractivity contribution in [1.82, 2.24) is 5.32 Å². The summed E-state index contributed by atoms with van der Waals surface area (Å²) in [5, 5.41) is 10.2. The van der Waals surface area contributed by atoms with E-state index in [1.807, 2.05) is 0 Å². The summed E-state index contributed by atoms with van der Waals surface area (Å²) in [6.07, 6.45) is 1.71. The van der Waals surface area contributed by atoms with Gasteiger partial charge in [0.05, 0.1) is 9.80 Å². The van der Waals surface area contributed by atoms with E-state index in [0.29, 0.717) is 20.7 Å². The van der Waals surface area contributed by atoms with E-state index in [0.717, 1.165) is 5.56 Å². The summed E-state index contributed by atoms with van der Waals surface area (Å²) in [6.45, 7) is -0.232. The number of primary sulfonamides is 1. The van der Waals surface area contributed by atoms with Crippen molar-refractivity contribution in [3.8, 4) is 5.75 Å². The first-order chi connectivity index (χ1) is 13.7. The number of thiocarbonyl (C=S) groups is 1. The van der Waals surface area contributed by atoms with Crippen LogP contribution in [0.4, 0.5) is 5.69 Å². The maximum absolute atomic E-state index is 12.0. The largest absolute Gasteiger partial charge is 0.484 e. The van der Waals surface area contributed by atoms with E-state index in [1.165, 1.54) is 36.0 Å². The van der Waals surface area contributed by atoms with Crippen LogP contribution < -0.4 is 20.5 Å². The summed E-state index contributed by atoms with van der Waals surface area (Å²) in [4.78, 5) is 24.1. The number of thioether (sulfide) groups is 1. The lowest BCUT2D eigenvalue weighted by Crippen LogP contribution is -2.20. The zero-order valence-electron chi connectivity index (χ0n) is 14.7. The maximum Gasteiger partial charge on any atom is 0.263 e. The van der Waals surface area contributed by atoms with Gasteiger partial charge in [-0.1, -0.05) is 36.1 Å².